The van der Waals surface area contributed by atoms with Gasteiger partial charge < -0.3 is 4.42 Å². The Morgan fingerprint density at radius 2 is 1.75 bits per heavy atom. The zero-order chi connectivity index (χ0) is 14.1. The highest BCUT2D eigenvalue weighted by Crippen LogP contribution is 2.31. The van der Waals surface area contributed by atoms with Crippen molar-refractivity contribution in [2.24, 2.45) is 5.84 Å². The van der Waals surface area contributed by atoms with Gasteiger partial charge >= 0.3 is 0 Å². The number of hydrazine groups is 1. The normalized spacial score (nSPS) is 12.8. The molecule has 0 saturated carbocycles. The quantitative estimate of drug-likeness (QED) is 0.562. The number of benzene rings is 2. The summed E-state index contributed by atoms with van der Waals surface area (Å²) in [4.78, 5) is 0. The van der Waals surface area contributed by atoms with E-state index in [1.807, 2.05) is 32.0 Å². The average molecular weight is 266 g/mol. The Balaban J connectivity index is 2.19. The Morgan fingerprint density at radius 3 is 2.45 bits per heavy atom. The molecule has 3 aromatic rings. The van der Waals surface area contributed by atoms with Gasteiger partial charge in [0.25, 0.3) is 0 Å². The van der Waals surface area contributed by atoms with Gasteiger partial charge in [0.05, 0.1) is 6.04 Å². The van der Waals surface area contributed by atoms with E-state index in [1.54, 1.807) is 0 Å². The van der Waals surface area contributed by atoms with E-state index < -0.39 is 0 Å². The zero-order valence-corrected chi connectivity index (χ0v) is 11.7. The van der Waals surface area contributed by atoms with Gasteiger partial charge in [-0.3, -0.25) is 5.84 Å². The number of hydrogen-bond acceptors (Lipinski definition) is 3. The van der Waals surface area contributed by atoms with E-state index in [1.165, 1.54) is 10.8 Å². The molecule has 0 aliphatic rings. The Morgan fingerprint density at radius 1 is 1.00 bits per heavy atom. The molecule has 102 valence electrons. The second-order valence-corrected chi connectivity index (χ2v) is 5.04. The SMILES string of the molecule is Cc1cc(C(NN)c2cccc3ccccc23)c(C)o1. The molecule has 0 fully saturated rings. The predicted molar refractivity (Wildman–Crippen MR) is 81.3 cm³/mol. The first kappa shape index (κ1) is 12.9. The first-order valence-electron chi connectivity index (χ1n) is 6.71. The molecule has 1 atom stereocenters. The number of rotatable bonds is 3. The van der Waals surface area contributed by atoms with Crippen molar-refractivity contribution < 1.29 is 4.42 Å². The van der Waals surface area contributed by atoms with Crippen molar-refractivity contribution in [3.05, 3.63) is 71.2 Å². The third-order valence-corrected chi connectivity index (χ3v) is 3.69. The third kappa shape index (κ3) is 2.11. The monoisotopic (exact) mass is 266 g/mol. The van der Waals surface area contributed by atoms with E-state index in [4.69, 9.17) is 10.3 Å². The van der Waals surface area contributed by atoms with Crippen LogP contribution in [-0.4, -0.2) is 0 Å². The number of nitrogens with one attached hydrogen (secondary N) is 1. The van der Waals surface area contributed by atoms with Crippen molar-refractivity contribution in [2.45, 2.75) is 19.9 Å². The average Bonchev–Trinajstić information content (AvgIpc) is 2.79. The van der Waals surface area contributed by atoms with E-state index in [-0.39, 0.29) is 6.04 Å². The van der Waals surface area contributed by atoms with Crippen molar-refractivity contribution in [3.63, 3.8) is 0 Å². The lowest BCUT2D eigenvalue weighted by Crippen LogP contribution is -2.29. The largest absolute Gasteiger partial charge is 0.466 e. The van der Waals surface area contributed by atoms with Crippen LogP contribution in [0.25, 0.3) is 10.8 Å². The fraction of sp³-hybridized carbons (Fsp3) is 0.176. The van der Waals surface area contributed by atoms with Crippen LogP contribution < -0.4 is 11.3 Å². The molecule has 0 saturated heterocycles. The summed E-state index contributed by atoms with van der Waals surface area (Å²) in [6.45, 7) is 3.92. The molecule has 1 unspecified atom stereocenters. The minimum atomic E-state index is -0.0708. The molecule has 0 aliphatic carbocycles. The molecule has 20 heavy (non-hydrogen) atoms. The van der Waals surface area contributed by atoms with Crippen LogP contribution in [0.3, 0.4) is 0 Å². The predicted octanol–water partition coefficient (Wildman–Crippen LogP) is 3.60. The summed E-state index contributed by atoms with van der Waals surface area (Å²) in [7, 11) is 0. The van der Waals surface area contributed by atoms with Crippen LogP contribution in [0, 0.1) is 13.8 Å². The van der Waals surface area contributed by atoms with Crippen molar-refractivity contribution in [1.82, 2.24) is 5.43 Å². The van der Waals surface area contributed by atoms with Gasteiger partial charge in [-0.1, -0.05) is 42.5 Å². The first-order valence-corrected chi connectivity index (χ1v) is 6.71. The lowest BCUT2D eigenvalue weighted by atomic mass is 9.94. The van der Waals surface area contributed by atoms with Crippen molar-refractivity contribution >= 4 is 10.8 Å². The van der Waals surface area contributed by atoms with Crippen molar-refractivity contribution in [1.29, 1.82) is 0 Å². The van der Waals surface area contributed by atoms with Crippen LogP contribution in [0.1, 0.15) is 28.7 Å². The molecule has 3 N–H and O–H groups in total. The molecule has 3 nitrogen and oxygen atoms in total. The molecule has 2 aromatic carbocycles. The molecule has 3 rings (SSSR count). The summed E-state index contributed by atoms with van der Waals surface area (Å²) < 4.78 is 5.64. The van der Waals surface area contributed by atoms with E-state index in [0.717, 1.165) is 22.6 Å². The summed E-state index contributed by atoms with van der Waals surface area (Å²) in [5.74, 6) is 7.62. The van der Waals surface area contributed by atoms with Crippen molar-refractivity contribution in [2.75, 3.05) is 0 Å². The Labute approximate surface area is 118 Å². The van der Waals surface area contributed by atoms with Crippen LogP contribution in [0.5, 0.6) is 0 Å². The maximum Gasteiger partial charge on any atom is 0.106 e. The van der Waals surface area contributed by atoms with Crippen LogP contribution in [0.15, 0.2) is 52.9 Å². The summed E-state index contributed by atoms with van der Waals surface area (Å²) in [6, 6.07) is 16.6. The first-order chi connectivity index (χ1) is 9.70. The molecule has 0 spiro atoms. The molecule has 0 aliphatic heterocycles. The van der Waals surface area contributed by atoms with E-state index in [2.05, 4.69) is 35.8 Å². The number of fused-ring (bicyclic) bond motifs is 1. The molecule has 0 radical (unpaired) electrons. The topological polar surface area (TPSA) is 51.2 Å². The number of nitrogens with two attached hydrogens (primary N) is 1. The molecule has 3 heteroatoms. The molecular weight excluding hydrogens is 248 g/mol. The fourth-order valence-corrected chi connectivity index (χ4v) is 2.79. The Hall–Kier alpha value is -2.10. The van der Waals surface area contributed by atoms with Gasteiger partial charge in [-0.2, -0.15) is 0 Å². The zero-order valence-electron chi connectivity index (χ0n) is 11.7. The maximum absolute atomic E-state index is 5.81. The third-order valence-electron chi connectivity index (χ3n) is 3.69. The number of furan rings is 1. The summed E-state index contributed by atoms with van der Waals surface area (Å²) in [5.41, 5.74) is 5.17. The Bertz CT molecular complexity index is 740. The molecule has 0 bridgehead atoms. The van der Waals surface area contributed by atoms with Gasteiger partial charge in [0.1, 0.15) is 11.5 Å². The highest BCUT2D eigenvalue weighted by atomic mass is 16.3. The second-order valence-electron chi connectivity index (χ2n) is 5.04. The minimum absolute atomic E-state index is 0.0708. The molecular formula is C17H18N2O. The molecule has 1 heterocycles. The van der Waals surface area contributed by atoms with Crippen LogP contribution in [0.4, 0.5) is 0 Å². The highest BCUT2D eigenvalue weighted by Gasteiger charge is 2.19. The van der Waals surface area contributed by atoms with Crippen LogP contribution in [0.2, 0.25) is 0 Å². The van der Waals surface area contributed by atoms with Crippen LogP contribution >= 0.6 is 0 Å². The molecule has 0 amide bonds. The second kappa shape index (κ2) is 5.12. The van der Waals surface area contributed by atoms with Gasteiger partial charge in [-0.15, -0.1) is 0 Å². The summed E-state index contributed by atoms with van der Waals surface area (Å²) in [5, 5.41) is 2.42. The van der Waals surface area contributed by atoms with E-state index in [9.17, 15) is 0 Å². The molecule has 1 aromatic heterocycles. The number of hydrogen-bond donors (Lipinski definition) is 2. The number of aryl methyl sites for hydroxylation is 2. The van der Waals surface area contributed by atoms with Gasteiger partial charge in [0.15, 0.2) is 0 Å². The van der Waals surface area contributed by atoms with Gasteiger partial charge in [0.2, 0.25) is 0 Å². The van der Waals surface area contributed by atoms with Gasteiger partial charge in [-0.25, -0.2) is 5.43 Å². The lowest BCUT2D eigenvalue weighted by molar-refractivity contribution is 0.495. The van der Waals surface area contributed by atoms with Crippen LogP contribution in [-0.2, 0) is 0 Å². The smallest absolute Gasteiger partial charge is 0.106 e. The standard InChI is InChI=1S/C17H18N2O/c1-11-10-16(12(2)20-11)17(19-18)15-9-5-7-13-6-3-4-8-14(13)15/h3-10,17,19H,18H2,1-2H3. The summed E-state index contributed by atoms with van der Waals surface area (Å²) in [6.07, 6.45) is 0. The van der Waals surface area contributed by atoms with Gasteiger partial charge in [-0.05, 0) is 36.2 Å². The van der Waals surface area contributed by atoms with Crippen molar-refractivity contribution in [3.8, 4) is 0 Å². The van der Waals surface area contributed by atoms with E-state index >= 15 is 0 Å². The van der Waals surface area contributed by atoms with E-state index in [0.29, 0.717) is 0 Å². The minimum Gasteiger partial charge on any atom is -0.466 e. The highest BCUT2D eigenvalue weighted by molar-refractivity contribution is 5.86. The summed E-state index contributed by atoms with van der Waals surface area (Å²) >= 11 is 0. The van der Waals surface area contributed by atoms with Gasteiger partial charge in [0, 0.05) is 5.56 Å². The fourth-order valence-electron chi connectivity index (χ4n) is 2.79. The lowest BCUT2D eigenvalue weighted by Gasteiger charge is -2.18. The Kier molecular flexibility index (Phi) is 3.30. The maximum atomic E-state index is 5.81.